The van der Waals surface area contributed by atoms with E-state index in [4.69, 9.17) is 14.2 Å². The van der Waals surface area contributed by atoms with Crippen LogP contribution in [0.1, 0.15) is 58.8 Å². The molecule has 38 heavy (non-hydrogen) atoms. The number of carbonyl (C=O) groups excluding carboxylic acids is 1. The van der Waals surface area contributed by atoms with Crippen LogP contribution in [0.2, 0.25) is 0 Å². The first-order valence-electron chi connectivity index (χ1n) is 13.8. The van der Waals surface area contributed by atoms with Crippen LogP contribution in [0.15, 0.2) is 60.7 Å². The van der Waals surface area contributed by atoms with E-state index in [9.17, 15) is 4.79 Å². The standard InChI is InChI=1S/C33H41NO4/c1-6-24-11-17-30-27(21-24)13-12-26-20-23(3)8-16-29(26)32(30)34(4)18-19-38-28-14-9-25(10-15-28)22-31(36-5)33(35)37-7-2/h8-11,14-17,20-21,31-32H,6-7,12-13,18-19,22H2,1-5H3. The Bertz CT molecular complexity index is 1220. The van der Waals surface area contributed by atoms with Gasteiger partial charge in [-0.25, -0.2) is 4.79 Å². The summed E-state index contributed by atoms with van der Waals surface area (Å²) in [4.78, 5) is 14.4. The summed E-state index contributed by atoms with van der Waals surface area (Å²) in [5, 5.41) is 0. The zero-order valence-electron chi connectivity index (χ0n) is 23.5. The molecule has 5 nitrogen and oxygen atoms in total. The summed E-state index contributed by atoms with van der Waals surface area (Å²) in [6, 6.07) is 22.0. The quantitative estimate of drug-likeness (QED) is 0.299. The summed E-state index contributed by atoms with van der Waals surface area (Å²) in [7, 11) is 3.73. The fourth-order valence-corrected chi connectivity index (χ4v) is 5.36. The number of likely N-dealkylation sites (N-methyl/N-ethyl adjacent to an activating group) is 1. The van der Waals surface area contributed by atoms with Gasteiger partial charge in [0, 0.05) is 20.1 Å². The number of carbonyl (C=O) groups is 1. The summed E-state index contributed by atoms with van der Waals surface area (Å²) < 4.78 is 16.5. The lowest BCUT2D eigenvalue weighted by atomic mass is 9.91. The molecule has 0 aromatic heterocycles. The summed E-state index contributed by atoms with van der Waals surface area (Å²) in [5.41, 5.74) is 9.44. The normalized spacial score (nSPS) is 15.4. The number of rotatable bonds is 11. The van der Waals surface area contributed by atoms with E-state index in [0.717, 1.165) is 37.1 Å². The molecule has 0 N–H and O–H groups in total. The number of nitrogens with zero attached hydrogens (tertiary/aromatic N) is 1. The molecule has 0 aliphatic heterocycles. The third-order valence-electron chi connectivity index (χ3n) is 7.50. The SMILES string of the molecule is CCOC(=O)C(Cc1ccc(OCCN(C)C2c3ccc(C)cc3CCc3cc(CC)ccc32)cc1)OC. The van der Waals surface area contributed by atoms with Crippen molar-refractivity contribution in [1.82, 2.24) is 4.90 Å². The van der Waals surface area contributed by atoms with E-state index in [0.29, 0.717) is 19.6 Å². The van der Waals surface area contributed by atoms with Crippen molar-refractivity contribution in [2.24, 2.45) is 0 Å². The highest BCUT2D eigenvalue weighted by molar-refractivity contribution is 5.75. The number of esters is 1. The second-order valence-electron chi connectivity index (χ2n) is 10.1. The lowest BCUT2D eigenvalue weighted by Crippen LogP contribution is -2.30. The minimum absolute atomic E-state index is 0.203. The van der Waals surface area contributed by atoms with Gasteiger partial charge in [0.25, 0.3) is 0 Å². The Balaban J connectivity index is 1.43. The van der Waals surface area contributed by atoms with Gasteiger partial charge in [0.05, 0.1) is 12.6 Å². The predicted octanol–water partition coefficient (Wildman–Crippen LogP) is 5.88. The van der Waals surface area contributed by atoms with Gasteiger partial charge in [-0.3, -0.25) is 4.90 Å². The molecule has 5 heteroatoms. The molecular weight excluding hydrogens is 474 g/mol. The van der Waals surface area contributed by atoms with Crippen LogP contribution in [-0.4, -0.2) is 50.9 Å². The third-order valence-corrected chi connectivity index (χ3v) is 7.50. The van der Waals surface area contributed by atoms with Crippen LogP contribution in [0.5, 0.6) is 5.75 Å². The van der Waals surface area contributed by atoms with Crippen LogP contribution in [0.3, 0.4) is 0 Å². The first-order valence-corrected chi connectivity index (χ1v) is 13.8. The van der Waals surface area contributed by atoms with Crippen LogP contribution < -0.4 is 4.74 Å². The maximum Gasteiger partial charge on any atom is 0.335 e. The van der Waals surface area contributed by atoms with E-state index in [1.807, 2.05) is 24.3 Å². The van der Waals surface area contributed by atoms with Crippen molar-refractivity contribution in [2.45, 2.75) is 58.6 Å². The van der Waals surface area contributed by atoms with E-state index < -0.39 is 6.10 Å². The molecule has 0 radical (unpaired) electrons. The minimum atomic E-state index is -0.599. The number of ether oxygens (including phenoxy) is 3. The molecule has 2 unspecified atom stereocenters. The summed E-state index contributed by atoms with van der Waals surface area (Å²) >= 11 is 0. The first kappa shape index (κ1) is 27.9. The van der Waals surface area contributed by atoms with Crippen LogP contribution in [0.25, 0.3) is 0 Å². The Morgan fingerprint density at radius 1 is 0.947 bits per heavy atom. The van der Waals surface area contributed by atoms with Gasteiger partial charge in [0.1, 0.15) is 12.4 Å². The Hall–Kier alpha value is -3.15. The average Bonchev–Trinajstić information content (AvgIpc) is 3.08. The van der Waals surface area contributed by atoms with Crippen molar-refractivity contribution in [2.75, 3.05) is 33.9 Å². The van der Waals surface area contributed by atoms with E-state index in [1.165, 1.54) is 40.5 Å². The molecule has 202 valence electrons. The fraction of sp³-hybridized carbons (Fsp3) is 0.424. The van der Waals surface area contributed by atoms with Gasteiger partial charge < -0.3 is 14.2 Å². The Morgan fingerprint density at radius 3 is 2.26 bits per heavy atom. The molecular formula is C33H41NO4. The van der Waals surface area contributed by atoms with Gasteiger partial charge in [-0.1, -0.05) is 61.0 Å². The number of fused-ring (bicyclic) bond motifs is 2. The summed E-state index contributed by atoms with van der Waals surface area (Å²) in [5.74, 6) is 0.484. The van der Waals surface area contributed by atoms with E-state index in [1.54, 1.807) is 6.92 Å². The van der Waals surface area contributed by atoms with Crippen LogP contribution >= 0.6 is 0 Å². The van der Waals surface area contributed by atoms with E-state index >= 15 is 0 Å². The molecule has 4 rings (SSSR count). The molecule has 0 saturated heterocycles. The van der Waals surface area contributed by atoms with Gasteiger partial charge in [-0.05, 0) is 85.7 Å². The highest BCUT2D eigenvalue weighted by atomic mass is 16.6. The lowest BCUT2D eigenvalue weighted by molar-refractivity contribution is -0.154. The van der Waals surface area contributed by atoms with E-state index in [-0.39, 0.29) is 12.0 Å². The Labute approximate surface area is 227 Å². The molecule has 2 atom stereocenters. The molecule has 0 heterocycles. The van der Waals surface area contributed by atoms with Gasteiger partial charge in [-0.2, -0.15) is 0 Å². The third kappa shape index (κ3) is 6.64. The molecule has 3 aromatic carbocycles. The van der Waals surface area contributed by atoms with Crippen LogP contribution in [0, 0.1) is 6.92 Å². The lowest BCUT2D eigenvalue weighted by Gasteiger charge is -2.30. The average molecular weight is 516 g/mol. The van der Waals surface area contributed by atoms with Gasteiger partial charge in [-0.15, -0.1) is 0 Å². The molecule has 0 amide bonds. The summed E-state index contributed by atoms with van der Waals surface area (Å²) in [6.07, 6.45) is 3.08. The zero-order chi connectivity index (χ0) is 27.1. The molecule has 0 bridgehead atoms. The van der Waals surface area contributed by atoms with Crippen molar-refractivity contribution < 1.29 is 19.0 Å². The van der Waals surface area contributed by atoms with Crippen molar-refractivity contribution in [3.05, 3.63) is 99.6 Å². The maximum atomic E-state index is 12.0. The first-order chi connectivity index (χ1) is 18.4. The zero-order valence-corrected chi connectivity index (χ0v) is 23.5. The monoisotopic (exact) mass is 515 g/mol. The molecule has 0 fully saturated rings. The molecule has 1 aliphatic carbocycles. The van der Waals surface area contributed by atoms with Crippen LogP contribution in [0.4, 0.5) is 0 Å². The topological polar surface area (TPSA) is 48.0 Å². The number of hydrogen-bond acceptors (Lipinski definition) is 5. The second-order valence-corrected chi connectivity index (χ2v) is 10.1. The fourth-order valence-electron chi connectivity index (χ4n) is 5.36. The maximum absolute atomic E-state index is 12.0. The number of hydrogen-bond donors (Lipinski definition) is 0. The number of methoxy groups -OCH3 is 1. The van der Waals surface area contributed by atoms with Crippen molar-refractivity contribution in [3.63, 3.8) is 0 Å². The van der Waals surface area contributed by atoms with Crippen molar-refractivity contribution in [3.8, 4) is 5.75 Å². The Morgan fingerprint density at radius 2 is 1.61 bits per heavy atom. The molecule has 0 spiro atoms. The molecule has 3 aromatic rings. The summed E-state index contributed by atoms with van der Waals surface area (Å²) in [6.45, 7) is 7.92. The highest BCUT2D eigenvalue weighted by Crippen LogP contribution is 2.37. The van der Waals surface area contributed by atoms with Crippen molar-refractivity contribution in [1.29, 1.82) is 0 Å². The molecule has 0 saturated carbocycles. The predicted molar refractivity (Wildman–Crippen MR) is 152 cm³/mol. The largest absolute Gasteiger partial charge is 0.492 e. The Kier molecular flexibility index (Phi) is 9.59. The van der Waals surface area contributed by atoms with Crippen molar-refractivity contribution >= 4 is 5.97 Å². The number of benzene rings is 3. The van der Waals surface area contributed by atoms with Crippen LogP contribution in [-0.2, 0) is 40.0 Å². The smallest absolute Gasteiger partial charge is 0.335 e. The van der Waals surface area contributed by atoms with E-state index in [2.05, 4.69) is 62.2 Å². The minimum Gasteiger partial charge on any atom is -0.492 e. The number of aryl methyl sites for hydroxylation is 4. The second kappa shape index (κ2) is 13.1. The van der Waals surface area contributed by atoms with Gasteiger partial charge in [0.2, 0.25) is 0 Å². The van der Waals surface area contributed by atoms with Gasteiger partial charge in [0.15, 0.2) is 6.10 Å². The highest BCUT2D eigenvalue weighted by Gasteiger charge is 2.27. The molecule has 1 aliphatic rings. The van der Waals surface area contributed by atoms with Gasteiger partial charge >= 0.3 is 5.97 Å².